The van der Waals surface area contributed by atoms with Crippen LogP contribution in [0.25, 0.3) is 5.69 Å². The van der Waals surface area contributed by atoms with Crippen molar-refractivity contribution in [3.63, 3.8) is 0 Å². The van der Waals surface area contributed by atoms with Gasteiger partial charge >= 0.3 is 0 Å². The second-order valence-corrected chi connectivity index (χ2v) is 6.52. The topological polar surface area (TPSA) is 65.4 Å². The first-order valence-corrected chi connectivity index (χ1v) is 9.04. The van der Waals surface area contributed by atoms with Crippen LogP contribution in [0.3, 0.4) is 0 Å². The number of nitrogens with zero attached hydrogens (tertiary/aromatic N) is 2. The Morgan fingerprint density at radius 2 is 1.85 bits per heavy atom. The van der Waals surface area contributed by atoms with E-state index in [1.54, 1.807) is 18.5 Å². The molecule has 1 N–H and O–H groups in total. The SMILES string of the molecule is O=c1c(NCCc2ccc(Cl)cc2)nccn1-c1ccc2c(c1)OCCO2. The van der Waals surface area contributed by atoms with Crippen molar-refractivity contribution in [1.82, 2.24) is 9.55 Å². The van der Waals surface area contributed by atoms with Crippen LogP contribution in [-0.2, 0) is 6.42 Å². The van der Waals surface area contributed by atoms with Crippen molar-refractivity contribution in [1.29, 1.82) is 0 Å². The van der Waals surface area contributed by atoms with Crippen LogP contribution in [-0.4, -0.2) is 29.3 Å². The number of ether oxygens (including phenoxy) is 2. The van der Waals surface area contributed by atoms with Crippen molar-refractivity contribution in [3.05, 3.63) is 75.8 Å². The normalized spacial score (nSPS) is 12.6. The smallest absolute Gasteiger partial charge is 0.297 e. The fraction of sp³-hybridized carbons (Fsp3) is 0.200. The molecule has 1 aliphatic rings. The molecule has 0 amide bonds. The van der Waals surface area contributed by atoms with E-state index in [2.05, 4.69) is 10.3 Å². The van der Waals surface area contributed by atoms with Crippen molar-refractivity contribution < 1.29 is 9.47 Å². The number of hydrogen-bond donors (Lipinski definition) is 1. The van der Waals surface area contributed by atoms with Gasteiger partial charge in [0.2, 0.25) is 0 Å². The lowest BCUT2D eigenvalue weighted by Crippen LogP contribution is -2.24. The Balaban J connectivity index is 1.51. The molecule has 0 saturated carbocycles. The molecule has 1 aliphatic heterocycles. The number of hydrogen-bond acceptors (Lipinski definition) is 5. The molecule has 0 unspecified atom stereocenters. The Kier molecular flexibility index (Phi) is 4.98. The summed E-state index contributed by atoms with van der Waals surface area (Å²) in [7, 11) is 0. The number of benzene rings is 2. The summed E-state index contributed by atoms with van der Waals surface area (Å²) in [4.78, 5) is 16.9. The van der Waals surface area contributed by atoms with Crippen LogP contribution in [0.2, 0.25) is 5.02 Å². The second-order valence-electron chi connectivity index (χ2n) is 6.08. The summed E-state index contributed by atoms with van der Waals surface area (Å²) in [5.74, 6) is 1.63. The average molecular weight is 384 g/mol. The van der Waals surface area contributed by atoms with Crippen LogP contribution in [0.4, 0.5) is 5.82 Å². The highest BCUT2D eigenvalue weighted by atomic mass is 35.5. The Labute approximate surface area is 161 Å². The minimum absolute atomic E-state index is 0.217. The van der Waals surface area contributed by atoms with Crippen molar-refractivity contribution in [2.45, 2.75) is 6.42 Å². The Hall–Kier alpha value is -2.99. The van der Waals surface area contributed by atoms with Gasteiger partial charge in [-0.05, 0) is 36.2 Å². The lowest BCUT2D eigenvalue weighted by Gasteiger charge is -2.19. The summed E-state index contributed by atoms with van der Waals surface area (Å²) in [5.41, 5.74) is 1.62. The number of halogens is 1. The molecule has 0 saturated heterocycles. The lowest BCUT2D eigenvalue weighted by molar-refractivity contribution is 0.171. The molecule has 0 radical (unpaired) electrons. The molecule has 6 nitrogen and oxygen atoms in total. The van der Waals surface area contributed by atoms with E-state index in [0.717, 1.165) is 12.0 Å². The summed E-state index contributed by atoms with van der Waals surface area (Å²) >= 11 is 5.90. The third kappa shape index (κ3) is 3.90. The third-order valence-corrected chi connectivity index (χ3v) is 4.52. The van der Waals surface area contributed by atoms with Gasteiger partial charge in [0.05, 0.1) is 5.69 Å². The van der Waals surface area contributed by atoms with E-state index in [-0.39, 0.29) is 5.56 Å². The minimum atomic E-state index is -0.217. The molecule has 2 heterocycles. The number of rotatable bonds is 5. The molecular weight excluding hydrogens is 366 g/mol. The zero-order valence-corrected chi connectivity index (χ0v) is 15.3. The van der Waals surface area contributed by atoms with E-state index in [4.69, 9.17) is 21.1 Å². The van der Waals surface area contributed by atoms with Crippen molar-refractivity contribution in [3.8, 4) is 17.2 Å². The lowest BCUT2D eigenvalue weighted by atomic mass is 10.1. The molecule has 1 aromatic heterocycles. The molecule has 0 spiro atoms. The monoisotopic (exact) mass is 383 g/mol. The maximum absolute atomic E-state index is 12.8. The molecular formula is C20H18ClN3O3. The maximum atomic E-state index is 12.8. The molecule has 0 aliphatic carbocycles. The fourth-order valence-electron chi connectivity index (χ4n) is 2.89. The third-order valence-electron chi connectivity index (χ3n) is 4.26. The van der Waals surface area contributed by atoms with Gasteiger partial charge in [0, 0.05) is 30.0 Å². The van der Waals surface area contributed by atoms with Gasteiger partial charge in [-0.2, -0.15) is 0 Å². The Morgan fingerprint density at radius 1 is 1.07 bits per heavy atom. The van der Waals surface area contributed by atoms with Crippen LogP contribution < -0.4 is 20.3 Å². The number of fused-ring (bicyclic) bond motifs is 1. The molecule has 138 valence electrons. The maximum Gasteiger partial charge on any atom is 0.297 e. The van der Waals surface area contributed by atoms with Crippen LogP contribution in [0.5, 0.6) is 11.5 Å². The highest BCUT2D eigenvalue weighted by Crippen LogP contribution is 2.31. The number of aromatic nitrogens is 2. The van der Waals surface area contributed by atoms with Gasteiger partial charge < -0.3 is 14.8 Å². The second kappa shape index (κ2) is 7.72. The minimum Gasteiger partial charge on any atom is -0.486 e. The summed E-state index contributed by atoms with van der Waals surface area (Å²) in [6.07, 6.45) is 4.00. The average Bonchev–Trinajstić information content (AvgIpc) is 2.70. The van der Waals surface area contributed by atoms with Gasteiger partial charge in [0.15, 0.2) is 17.3 Å². The predicted molar refractivity (Wildman–Crippen MR) is 104 cm³/mol. The fourth-order valence-corrected chi connectivity index (χ4v) is 3.02. The van der Waals surface area contributed by atoms with Gasteiger partial charge in [-0.1, -0.05) is 23.7 Å². The molecule has 4 rings (SSSR count). The molecule has 27 heavy (non-hydrogen) atoms. The quantitative estimate of drug-likeness (QED) is 0.732. The first kappa shape index (κ1) is 17.4. The Bertz CT molecular complexity index is 1000. The van der Waals surface area contributed by atoms with Crippen LogP contribution in [0.15, 0.2) is 59.7 Å². The van der Waals surface area contributed by atoms with Crippen LogP contribution in [0, 0.1) is 0 Å². The summed E-state index contributed by atoms with van der Waals surface area (Å²) < 4.78 is 12.7. The molecule has 0 fully saturated rings. The van der Waals surface area contributed by atoms with E-state index in [0.29, 0.717) is 47.8 Å². The zero-order valence-electron chi connectivity index (χ0n) is 14.5. The van der Waals surface area contributed by atoms with Crippen molar-refractivity contribution in [2.75, 3.05) is 25.1 Å². The highest BCUT2D eigenvalue weighted by Gasteiger charge is 2.14. The summed E-state index contributed by atoms with van der Waals surface area (Å²) in [6.45, 7) is 1.62. The van der Waals surface area contributed by atoms with Gasteiger partial charge in [0.1, 0.15) is 13.2 Å². The highest BCUT2D eigenvalue weighted by molar-refractivity contribution is 6.30. The Morgan fingerprint density at radius 3 is 2.67 bits per heavy atom. The van der Waals surface area contributed by atoms with E-state index < -0.39 is 0 Å². The van der Waals surface area contributed by atoms with E-state index in [1.807, 2.05) is 36.4 Å². The number of nitrogens with one attached hydrogen (secondary N) is 1. The van der Waals surface area contributed by atoms with Crippen LogP contribution in [0.1, 0.15) is 5.56 Å². The van der Waals surface area contributed by atoms with Gasteiger partial charge in [-0.3, -0.25) is 9.36 Å². The molecule has 3 aromatic rings. The van der Waals surface area contributed by atoms with E-state index >= 15 is 0 Å². The van der Waals surface area contributed by atoms with Gasteiger partial charge in [-0.25, -0.2) is 4.98 Å². The summed E-state index contributed by atoms with van der Waals surface area (Å²) in [5, 5.41) is 3.82. The van der Waals surface area contributed by atoms with Gasteiger partial charge in [0.25, 0.3) is 5.56 Å². The first-order chi connectivity index (χ1) is 13.2. The number of anilines is 1. The van der Waals surface area contributed by atoms with E-state index in [1.165, 1.54) is 4.57 Å². The summed E-state index contributed by atoms with van der Waals surface area (Å²) in [6, 6.07) is 13.1. The molecule has 0 bridgehead atoms. The molecule has 7 heteroatoms. The zero-order chi connectivity index (χ0) is 18.6. The van der Waals surface area contributed by atoms with Crippen molar-refractivity contribution in [2.24, 2.45) is 0 Å². The first-order valence-electron chi connectivity index (χ1n) is 8.67. The molecule has 2 aromatic carbocycles. The largest absolute Gasteiger partial charge is 0.486 e. The van der Waals surface area contributed by atoms with Crippen molar-refractivity contribution >= 4 is 17.4 Å². The van der Waals surface area contributed by atoms with Crippen LogP contribution >= 0.6 is 11.6 Å². The standard InChI is InChI=1S/C20H18ClN3O3/c21-15-3-1-14(2-4-15)7-8-22-19-20(25)24(10-9-23-19)16-5-6-17-18(13-16)27-12-11-26-17/h1-6,9-10,13H,7-8,11-12H2,(H,22,23). The predicted octanol–water partition coefficient (Wildman–Crippen LogP) is 3.31. The molecule has 0 atom stereocenters. The van der Waals surface area contributed by atoms with E-state index in [9.17, 15) is 4.79 Å². The van der Waals surface area contributed by atoms with Gasteiger partial charge in [-0.15, -0.1) is 0 Å².